The molecule has 0 aliphatic heterocycles. The van der Waals surface area contributed by atoms with Crippen molar-refractivity contribution in [2.75, 3.05) is 20.3 Å². The number of hydrogen-bond donors (Lipinski definition) is 0. The van der Waals surface area contributed by atoms with Gasteiger partial charge in [-0.3, -0.25) is 9.59 Å². The number of ether oxygens (including phenoxy) is 1. The molecule has 0 aromatic carbocycles. The minimum absolute atomic E-state index is 0.00635. The third-order valence-corrected chi connectivity index (χ3v) is 4.21. The molecule has 1 fully saturated rings. The van der Waals surface area contributed by atoms with Gasteiger partial charge in [0.25, 0.3) is 0 Å². The molecule has 23 heavy (non-hydrogen) atoms. The first-order valence-corrected chi connectivity index (χ1v) is 8.12. The molecule has 2 amide bonds. The predicted octanol–water partition coefficient (Wildman–Crippen LogP) is 1.40. The molecule has 1 aliphatic carbocycles. The van der Waals surface area contributed by atoms with E-state index in [1.807, 2.05) is 48.7 Å². The molecule has 1 aliphatic rings. The van der Waals surface area contributed by atoms with Crippen LogP contribution in [0.1, 0.15) is 32.4 Å². The van der Waals surface area contributed by atoms with Crippen molar-refractivity contribution >= 4 is 11.8 Å². The number of aryl methyl sites for hydroxylation is 1. The van der Waals surface area contributed by atoms with Crippen molar-refractivity contribution < 1.29 is 14.3 Å². The van der Waals surface area contributed by atoms with Crippen LogP contribution < -0.4 is 0 Å². The SMILES string of the molecule is COCC(=O)N(CC(=O)N(Cc1cccn1C)C1CC1)C(C)C. The Balaban J connectivity index is 2.05. The highest BCUT2D eigenvalue weighted by Gasteiger charge is 2.34. The van der Waals surface area contributed by atoms with E-state index in [4.69, 9.17) is 4.74 Å². The summed E-state index contributed by atoms with van der Waals surface area (Å²) in [5, 5.41) is 0. The van der Waals surface area contributed by atoms with E-state index in [9.17, 15) is 9.59 Å². The van der Waals surface area contributed by atoms with Crippen LogP contribution in [0.4, 0.5) is 0 Å². The van der Waals surface area contributed by atoms with E-state index < -0.39 is 0 Å². The predicted molar refractivity (Wildman–Crippen MR) is 87.7 cm³/mol. The Bertz CT molecular complexity index is 549. The second-order valence-electron chi connectivity index (χ2n) is 6.41. The largest absolute Gasteiger partial charge is 0.375 e. The van der Waals surface area contributed by atoms with Crippen LogP contribution in [0.3, 0.4) is 0 Å². The molecule has 1 aromatic heterocycles. The van der Waals surface area contributed by atoms with E-state index in [-0.39, 0.29) is 31.0 Å². The first-order chi connectivity index (χ1) is 10.9. The Morgan fingerprint density at radius 3 is 2.52 bits per heavy atom. The molecule has 0 N–H and O–H groups in total. The van der Waals surface area contributed by atoms with Crippen molar-refractivity contribution in [3.05, 3.63) is 24.0 Å². The van der Waals surface area contributed by atoms with Crippen molar-refractivity contribution in [3.63, 3.8) is 0 Å². The van der Waals surface area contributed by atoms with Crippen LogP contribution in [0.5, 0.6) is 0 Å². The molecular weight excluding hydrogens is 294 g/mol. The lowest BCUT2D eigenvalue weighted by Crippen LogP contribution is -2.47. The van der Waals surface area contributed by atoms with Gasteiger partial charge in [0, 0.05) is 38.1 Å². The molecule has 128 valence electrons. The summed E-state index contributed by atoms with van der Waals surface area (Å²) in [6, 6.07) is 4.29. The maximum absolute atomic E-state index is 12.8. The first kappa shape index (κ1) is 17.5. The lowest BCUT2D eigenvalue weighted by molar-refractivity contribution is -0.144. The summed E-state index contributed by atoms with van der Waals surface area (Å²) in [5.41, 5.74) is 1.10. The van der Waals surface area contributed by atoms with Gasteiger partial charge in [0.2, 0.25) is 11.8 Å². The Labute approximate surface area is 138 Å². The van der Waals surface area contributed by atoms with Gasteiger partial charge in [-0.2, -0.15) is 0 Å². The van der Waals surface area contributed by atoms with Gasteiger partial charge in [-0.1, -0.05) is 0 Å². The van der Waals surface area contributed by atoms with Gasteiger partial charge in [-0.05, 0) is 38.8 Å². The number of rotatable bonds is 8. The zero-order valence-electron chi connectivity index (χ0n) is 14.5. The molecule has 2 rings (SSSR count). The van der Waals surface area contributed by atoms with E-state index in [1.165, 1.54) is 7.11 Å². The van der Waals surface area contributed by atoms with E-state index in [2.05, 4.69) is 0 Å². The normalized spacial score (nSPS) is 14.1. The summed E-state index contributed by atoms with van der Waals surface area (Å²) in [7, 11) is 3.47. The smallest absolute Gasteiger partial charge is 0.249 e. The first-order valence-electron chi connectivity index (χ1n) is 8.12. The van der Waals surface area contributed by atoms with Crippen molar-refractivity contribution in [2.45, 2.75) is 45.3 Å². The van der Waals surface area contributed by atoms with E-state index in [0.29, 0.717) is 12.6 Å². The summed E-state index contributed by atoms with van der Waals surface area (Å²) in [6.07, 6.45) is 4.07. The van der Waals surface area contributed by atoms with Crippen LogP contribution in [0.2, 0.25) is 0 Å². The van der Waals surface area contributed by atoms with E-state index in [0.717, 1.165) is 18.5 Å². The Kier molecular flexibility index (Phi) is 5.82. The summed E-state index contributed by atoms with van der Waals surface area (Å²) < 4.78 is 6.94. The summed E-state index contributed by atoms with van der Waals surface area (Å²) in [4.78, 5) is 28.4. The zero-order chi connectivity index (χ0) is 17.0. The van der Waals surface area contributed by atoms with Crippen LogP contribution in [0.15, 0.2) is 18.3 Å². The minimum atomic E-state index is -0.148. The highest BCUT2D eigenvalue weighted by molar-refractivity contribution is 5.86. The topological polar surface area (TPSA) is 54.8 Å². The quantitative estimate of drug-likeness (QED) is 0.727. The fourth-order valence-corrected chi connectivity index (χ4v) is 2.64. The standard InChI is InChI=1S/C17H27N3O3/c1-13(2)19(17(22)12-23-4)11-16(21)20(14-7-8-14)10-15-6-5-9-18(15)3/h5-6,9,13-14H,7-8,10-12H2,1-4H3. The molecule has 0 unspecified atom stereocenters. The number of amides is 2. The Morgan fingerprint density at radius 1 is 1.35 bits per heavy atom. The molecule has 1 heterocycles. The van der Waals surface area contributed by atoms with Crippen LogP contribution in [-0.4, -0.2) is 58.5 Å². The number of carbonyl (C=O) groups is 2. The average Bonchev–Trinajstić information content (AvgIpc) is 3.25. The molecule has 0 saturated heterocycles. The minimum Gasteiger partial charge on any atom is -0.375 e. The molecule has 1 saturated carbocycles. The van der Waals surface area contributed by atoms with Gasteiger partial charge in [0.15, 0.2) is 0 Å². The van der Waals surface area contributed by atoms with Gasteiger partial charge in [0.1, 0.15) is 13.2 Å². The maximum Gasteiger partial charge on any atom is 0.249 e. The second-order valence-corrected chi connectivity index (χ2v) is 6.41. The fraction of sp³-hybridized carbons (Fsp3) is 0.647. The highest BCUT2D eigenvalue weighted by Crippen LogP contribution is 2.28. The fourth-order valence-electron chi connectivity index (χ4n) is 2.64. The van der Waals surface area contributed by atoms with Crippen molar-refractivity contribution in [3.8, 4) is 0 Å². The number of hydrogen-bond acceptors (Lipinski definition) is 3. The molecule has 6 heteroatoms. The van der Waals surface area contributed by atoms with E-state index in [1.54, 1.807) is 4.90 Å². The third kappa shape index (κ3) is 4.58. The van der Waals surface area contributed by atoms with Crippen molar-refractivity contribution in [2.24, 2.45) is 7.05 Å². The Hall–Kier alpha value is -1.82. The highest BCUT2D eigenvalue weighted by atomic mass is 16.5. The van der Waals surface area contributed by atoms with Crippen LogP contribution >= 0.6 is 0 Å². The van der Waals surface area contributed by atoms with Gasteiger partial charge in [0.05, 0.1) is 6.54 Å². The lowest BCUT2D eigenvalue weighted by atomic mass is 10.2. The van der Waals surface area contributed by atoms with Crippen molar-refractivity contribution in [1.82, 2.24) is 14.4 Å². The van der Waals surface area contributed by atoms with Gasteiger partial charge in [-0.15, -0.1) is 0 Å². The van der Waals surface area contributed by atoms with Crippen LogP contribution in [-0.2, 0) is 27.9 Å². The molecular formula is C17H27N3O3. The number of carbonyl (C=O) groups excluding carboxylic acids is 2. The zero-order valence-corrected chi connectivity index (χ0v) is 14.5. The van der Waals surface area contributed by atoms with Crippen molar-refractivity contribution in [1.29, 1.82) is 0 Å². The molecule has 6 nitrogen and oxygen atoms in total. The number of aromatic nitrogens is 1. The van der Waals surface area contributed by atoms with Crippen LogP contribution in [0, 0.1) is 0 Å². The maximum atomic E-state index is 12.8. The monoisotopic (exact) mass is 321 g/mol. The average molecular weight is 321 g/mol. The second kappa shape index (κ2) is 7.64. The Morgan fingerprint density at radius 2 is 2.04 bits per heavy atom. The summed E-state index contributed by atoms with van der Waals surface area (Å²) in [5.74, 6) is -0.141. The van der Waals surface area contributed by atoms with Gasteiger partial charge >= 0.3 is 0 Å². The number of nitrogens with zero attached hydrogens (tertiary/aromatic N) is 3. The molecule has 0 atom stereocenters. The van der Waals surface area contributed by atoms with Gasteiger partial charge in [-0.25, -0.2) is 0 Å². The van der Waals surface area contributed by atoms with Crippen LogP contribution in [0.25, 0.3) is 0 Å². The number of methoxy groups -OCH3 is 1. The molecule has 1 aromatic rings. The molecule has 0 radical (unpaired) electrons. The summed E-state index contributed by atoms with van der Waals surface area (Å²) >= 11 is 0. The molecule has 0 spiro atoms. The van der Waals surface area contributed by atoms with Gasteiger partial charge < -0.3 is 19.1 Å². The summed E-state index contributed by atoms with van der Waals surface area (Å²) in [6.45, 7) is 4.55. The third-order valence-electron chi connectivity index (χ3n) is 4.21. The lowest BCUT2D eigenvalue weighted by Gasteiger charge is -2.30. The van der Waals surface area contributed by atoms with E-state index >= 15 is 0 Å². The molecule has 0 bridgehead atoms.